The average Bonchev–Trinajstić information content (AvgIpc) is 3.56. The van der Waals surface area contributed by atoms with Crippen molar-refractivity contribution in [2.75, 3.05) is 18.0 Å². The molecule has 1 amide bonds. The van der Waals surface area contributed by atoms with Crippen molar-refractivity contribution in [2.45, 2.75) is 74.3 Å². The Hall–Kier alpha value is -3.40. The fourth-order valence-corrected chi connectivity index (χ4v) is 6.88. The minimum atomic E-state index is -0.532. The summed E-state index contributed by atoms with van der Waals surface area (Å²) in [6.07, 6.45) is 14.6. The molecule has 0 aromatic carbocycles. The summed E-state index contributed by atoms with van der Waals surface area (Å²) < 4.78 is 7.69. The van der Waals surface area contributed by atoms with Gasteiger partial charge in [0.15, 0.2) is 11.3 Å². The minimum absolute atomic E-state index is 0.00120. The number of nitrogens with one attached hydrogen (secondary N) is 1. The quantitative estimate of drug-likeness (QED) is 0.369. The Bertz CT molecular complexity index is 1470. The summed E-state index contributed by atoms with van der Waals surface area (Å²) in [5.41, 5.74) is 1.16. The summed E-state index contributed by atoms with van der Waals surface area (Å²) in [5.74, 6) is 0.840. The number of nitrogens with zero attached hydrogens (tertiary/aromatic N) is 6. The summed E-state index contributed by atoms with van der Waals surface area (Å²) in [7, 11) is 0. The smallest absolute Gasteiger partial charge is 0.407 e. The Morgan fingerprint density at radius 2 is 1.87 bits per heavy atom. The summed E-state index contributed by atoms with van der Waals surface area (Å²) in [6, 6.07) is 5.96. The molecule has 1 saturated heterocycles. The lowest BCUT2D eigenvalue weighted by atomic mass is 9.73. The number of aromatic nitrogens is 5. The second-order valence-corrected chi connectivity index (χ2v) is 12.4. The molecule has 198 valence electrons. The molecule has 6 rings (SSSR count). The molecule has 5 heterocycles. The van der Waals surface area contributed by atoms with Crippen molar-refractivity contribution in [3.8, 4) is 0 Å². The third kappa shape index (κ3) is 4.77. The summed E-state index contributed by atoms with van der Waals surface area (Å²) in [4.78, 5) is 35.5. The third-order valence-corrected chi connectivity index (χ3v) is 8.75. The topological polar surface area (TPSA) is 97.5 Å². The number of rotatable bonds is 4. The lowest BCUT2D eigenvalue weighted by Crippen LogP contribution is -2.58. The van der Waals surface area contributed by atoms with Crippen molar-refractivity contribution in [1.29, 1.82) is 0 Å². The van der Waals surface area contributed by atoms with Crippen LogP contribution in [0.15, 0.2) is 59.0 Å². The molecular weight excluding hydrogens is 498 g/mol. The molecule has 10 heteroatoms. The Labute approximate surface area is 226 Å². The fourth-order valence-electron chi connectivity index (χ4n) is 5.90. The van der Waals surface area contributed by atoms with Crippen molar-refractivity contribution in [1.82, 2.24) is 29.7 Å². The van der Waals surface area contributed by atoms with Gasteiger partial charge in [0.05, 0.1) is 10.9 Å². The molecule has 4 aromatic heterocycles. The van der Waals surface area contributed by atoms with Gasteiger partial charge in [-0.3, -0.25) is 4.40 Å². The number of amides is 1. The van der Waals surface area contributed by atoms with Gasteiger partial charge < -0.3 is 15.0 Å². The number of fused-ring (bicyclic) bond motifs is 2. The summed E-state index contributed by atoms with van der Waals surface area (Å²) >= 11 is 1.62. The summed E-state index contributed by atoms with van der Waals surface area (Å²) in [6.45, 7) is 7.27. The van der Waals surface area contributed by atoms with Gasteiger partial charge in [0.2, 0.25) is 5.95 Å². The van der Waals surface area contributed by atoms with E-state index in [0.29, 0.717) is 6.54 Å². The number of anilines is 1. The number of pyridine rings is 2. The maximum Gasteiger partial charge on any atom is 0.407 e. The second kappa shape index (κ2) is 9.72. The van der Waals surface area contributed by atoms with Crippen LogP contribution in [0.1, 0.15) is 52.9 Å². The van der Waals surface area contributed by atoms with E-state index in [1.807, 2.05) is 57.6 Å². The van der Waals surface area contributed by atoms with E-state index < -0.39 is 5.60 Å². The maximum atomic E-state index is 12.8. The highest BCUT2D eigenvalue weighted by Gasteiger charge is 2.46. The van der Waals surface area contributed by atoms with Gasteiger partial charge in [-0.1, -0.05) is 24.6 Å². The van der Waals surface area contributed by atoms with E-state index in [9.17, 15) is 4.79 Å². The molecule has 1 spiro atoms. The SMILES string of the molecule is CC(C)(C)OC(=O)NC1CN(c2ncc(Sc3ccnc4ncccc34)c3nccn23)CCC12CCCC2. The average molecular weight is 532 g/mol. The first kappa shape index (κ1) is 24.9. The molecule has 38 heavy (non-hydrogen) atoms. The molecule has 2 fully saturated rings. The zero-order valence-corrected chi connectivity index (χ0v) is 22.9. The standard InChI is InChI=1S/C28H33N7O2S/c1-27(2,3)37-26(36)33-22-18-34(15-11-28(22)9-4-5-10-28)25-32-17-21(24-31-14-16-35(24)25)38-20-8-13-30-23-19(20)7-6-12-29-23/h6-8,12-14,16-17,22H,4-5,9-11,15,18H2,1-3H3,(H,33,36). The largest absolute Gasteiger partial charge is 0.444 e. The predicted octanol–water partition coefficient (Wildman–Crippen LogP) is 5.49. The Kier molecular flexibility index (Phi) is 6.37. The van der Waals surface area contributed by atoms with Crippen LogP contribution in [-0.2, 0) is 4.74 Å². The van der Waals surface area contributed by atoms with Gasteiger partial charge in [0.1, 0.15) is 5.60 Å². The number of hydrogen-bond donors (Lipinski definition) is 1. The van der Waals surface area contributed by atoms with Crippen LogP contribution in [0, 0.1) is 5.41 Å². The lowest BCUT2D eigenvalue weighted by molar-refractivity contribution is 0.0420. The van der Waals surface area contributed by atoms with E-state index in [0.717, 1.165) is 58.2 Å². The van der Waals surface area contributed by atoms with Crippen LogP contribution in [0.2, 0.25) is 0 Å². The van der Waals surface area contributed by atoms with Crippen molar-refractivity contribution >= 4 is 40.5 Å². The minimum Gasteiger partial charge on any atom is -0.444 e. The Morgan fingerprint density at radius 1 is 1.05 bits per heavy atom. The van der Waals surface area contributed by atoms with Gasteiger partial charge in [-0.25, -0.2) is 24.7 Å². The van der Waals surface area contributed by atoms with E-state index in [4.69, 9.17) is 9.72 Å². The van der Waals surface area contributed by atoms with Crippen LogP contribution in [0.25, 0.3) is 16.7 Å². The number of carbonyl (C=O) groups excluding carboxylic acids is 1. The van der Waals surface area contributed by atoms with Gasteiger partial charge in [-0.2, -0.15) is 0 Å². The lowest BCUT2D eigenvalue weighted by Gasteiger charge is -2.46. The van der Waals surface area contributed by atoms with E-state index in [1.54, 1.807) is 24.2 Å². The molecule has 4 aromatic rings. The molecule has 9 nitrogen and oxygen atoms in total. The Morgan fingerprint density at radius 3 is 2.68 bits per heavy atom. The number of imidazole rings is 1. The van der Waals surface area contributed by atoms with E-state index in [-0.39, 0.29) is 17.6 Å². The van der Waals surface area contributed by atoms with Gasteiger partial charge >= 0.3 is 6.09 Å². The molecular formula is C28H33N7O2S. The number of alkyl carbamates (subject to hydrolysis) is 1. The van der Waals surface area contributed by atoms with Crippen LogP contribution in [0.3, 0.4) is 0 Å². The van der Waals surface area contributed by atoms with Crippen LogP contribution < -0.4 is 10.2 Å². The number of hydrogen-bond acceptors (Lipinski definition) is 8. The molecule has 1 aliphatic carbocycles. The molecule has 1 unspecified atom stereocenters. The van der Waals surface area contributed by atoms with Gasteiger partial charge in [0, 0.05) is 54.4 Å². The first-order valence-corrected chi connectivity index (χ1v) is 14.1. The van der Waals surface area contributed by atoms with Crippen molar-refractivity contribution < 1.29 is 9.53 Å². The predicted molar refractivity (Wildman–Crippen MR) is 148 cm³/mol. The molecule has 1 aliphatic heterocycles. The highest BCUT2D eigenvalue weighted by Crippen LogP contribution is 2.47. The first-order valence-electron chi connectivity index (χ1n) is 13.3. The summed E-state index contributed by atoms with van der Waals surface area (Å²) in [5, 5.41) is 4.24. The maximum absolute atomic E-state index is 12.8. The highest BCUT2D eigenvalue weighted by atomic mass is 32.2. The fraction of sp³-hybridized carbons (Fsp3) is 0.464. The zero-order chi connectivity index (χ0) is 26.3. The van der Waals surface area contributed by atoms with Crippen molar-refractivity contribution in [3.05, 3.63) is 49.2 Å². The highest BCUT2D eigenvalue weighted by molar-refractivity contribution is 7.99. The van der Waals surface area contributed by atoms with Crippen LogP contribution in [0.4, 0.5) is 10.7 Å². The molecule has 2 aliphatic rings. The van der Waals surface area contributed by atoms with Crippen molar-refractivity contribution in [2.24, 2.45) is 5.41 Å². The third-order valence-electron chi connectivity index (χ3n) is 7.66. The molecule has 0 radical (unpaired) electrons. The van der Waals surface area contributed by atoms with E-state index in [2.05, 4.69) is 29.6 Å². The van der Waals surface area contributed by atoms with Crippen molar-refractivity contribution in [3.63, 3.8) is 0 Å². The molecule has 1 atom stereocenters. The Balaban J connectivity index is 1.28. The van der Waals surface area contributed by atoms with Gasteiger partial charge in [-0.15, -0.1) is 0 Å². The van der Waals surface area contributed by atoms with Crippen LogP contribution in [0.5, 0.6) is 0 Å². The van der Waals surface area contributed by atoms with Crippen LogP contribution >= 0.6 is 11.8 Å². The zero-order valence-electron chi connectivity index (χ0n) is 22.1. The molecule has 0 bridgehead atoms. The van der Waals surface area contributed by atoms with Crippen LogP contribution in [-0.4, -0.2) is 55.2 Å². The number of carbonyl (C=O) groups is 1. The van der Waals surface area contributed by atoms with E-state index >= 15 is 0 Å². The van der Waals surface area contributed by atoms with Gasteiger partial charge in [0.25, 0.3) is 0 Å². The number of ether oxygens (including phenoxy) is 1. The second-order valence-electron chi connectivity index (χ2n) is 11.3. The van der Waals surface area contributed by atoms with Gasteiger partial charge in [-0.05, 0) is 63.6 Å². The first-order chi connectivity index (χ1) is 18.3. The molecule has 1 saturated carbocycles. The van der Waals surface area contributed by atoms with E-state index in [1.165, 1.54) is 12.8 Å². The molecule has 1 N–H and O–H groups in total. The number of piperidine rings is 1. The normalized spacial score (nSPS) is 19.3. The monoisotopic (exact) mass is 531 g/mol.